The topological polar surface area (TPSA) is 34.9 Å². The van der Waals surface area contributed by atoms with Gasteiger partial charge in [-0.25, -0.2) is 4.98 Å². The smallest absolute Gasteiger partial charge is 0.135 e. The lowest BCUT2D eigenvalue weighted by atomic mass is 10.1. The van der Waals surface area contributed by atoms with E-state index in [1.807, 2.05) is 29.0 Å². The number of hydrogen-bond donors (Lipinski definition) is 0. The van der Waals surface area contributed by atoms with Gasteiger partial charge < -0.3 is 4.57 Å². The van der Waals surface area contributed by atoms with E-state index >= 15 is 0 Å². The number of aromatic nitrogens is 2. The molecule has 0 spiro atoms. The van der Waals surface area contributed by atoms with Crippen LogP contribution in [0.15, 0.2) is 49.1 Å². The summed E-state index contributed by atoms with van der Waals surface area (Å²) in [6.07, 6.45) is 7.40. The summed E-state index contributed by atoms with van der Waals surface area (Å²) in [5.41, 5.74) is 1.23. The number of rotatable bonds is 6. The first-order chi connectivity index (χ1) is 8.34. The lowest BCUT2D eigenvalue weighted by Gasteiger charge is -2.02. The number of ketones is 1. The molecule has 0 N–H and O–H groups in total. The van der Waals surface area contributed by atoms with Gasteiger partial charge in [-0.3, -0.25) is 4.79 Å². The SMILES string of the molecule is O=C(CCc1ccccc1)CCn1ccnc1. The van der Waals surface area contributed by atoms with Crippen LogP contribution in [0.25, 0.3) is 0 Å². The highest BCUT2D eigenvalue weighted by Crippen LogP contribution is 2.04. The second-order valence-electron chi connectivity index (χ2n) is 4.07. The summed E-state index contributed by atoms with van der Waals surface area (Å²) < 4.78 is 1.93. The Balaban J connectivity index is 1.71. The Morgan fingerprint density at radius 2 is 2.00 bits per heavy atom. The van der Waals surface area contributed by atoms with E-state index in [1.54, 1.807) is 12.5 Å². The summed E-state index contributed by atoms with van der Waals surface area (Å²) in [4.78, 5) is 15.6. The molecule has 1 heterocycles. The lowest BCUT2D eigenvalue weighted by Crippen LogP contribution is -2.05. The quantitative estimate of drug-likeness (QED) is 0.761. The fourth-order valence-corrected chi connectivity index (χ4v) is 1.73. The van der Waals surface area contributed by atoms with E-state index in [9.17, 15) is 4.79 Å². The van der Waals surface area contributed by atoms with Crippen molar-refractivity contribution in [1.82, 2.24) is 9.55 Å². The molecule has 0 amide bonds. The standard InChI is InChI=1S/C14H16N2O/c17-14(8-10-16-11-9-15-12-16)7-6-13-4-2-1-3-5-13/h1-5,9,11-12H,6-8,10H2. The summed E-state index contributed by atoms with van der Waals surface area (Å²) in [6, 6.07) is 10.1. The summed E-state index contributed by atoms with van der Waals surface area (Å²) in [6.45, 7) is 0.730. The van der Waals surface area contributed by atoms with Crippen LogP contribution in [0.2, 0.25) is 0 Å². The van der Waals surface area contributed by atoms with Gasteiger partial charge in [0.2, 0.25) is 0 Å². The number of carbonyl (C=O) groups is 1. The van der Waals surface area contributed by atoms with Crippen LogP contribution in [0, 0.1) is 0 Å². The van der Waals surface area contributed by atoms with Crippen molar-refractivity contribution in [2.75, 3.05) is 0 Å². The molecule has 2 rings (SSSR count). The monoisotopic (exact) mass is 228 g/mol. The van der Waals surface area contributed by atoms with Gasteiger partial charge in [-0.1, -0.05) is 30.3 Å². The molecule has 0 unspecified atom stereocenters. The number of aryl methyl sites for hydroxylation is 2. The molecule has 3 nitrogen and oxygen atoms in total. The third-order valence-electron chi connectivity index (χ3n) is 2.74. The highest BCUT2D eigenvalue weighted by atomic mass is 16.1. The number of Topliss-reactive ketones (excluding diaryl/α,β-unsaturated/α-hetero) is 1. The highest BCUT2D eigenvalue weighted by molar-refractivity contribution is 5.78. The maximum Gasteiger partial charge on any atom is 0.135 e. The average molecular weight is 228 g/mol. The molecular weight excluding hydrogens is 212 g/mol. The van der Waals surface area contributed by atoms with Crippen LogP contribution in [0.1, 0.15) is 18.4 Å². The van der Waals surface area contributed by atoms with Crippen molar-refractivity contribution in [2.45, 2.75) is 25.8 Å². The molecule has 2 aromatic rings. The Bertz CT molecular complexity index is 448. The fraction of sp³-hybridized carbons (Fsp3) is 0.286. The molecule has 0 fully saturated rings. The number of imidazole rings is 1. The molecule has 0 radical (unpaired) electrons. The second kappa shape index (κ2) is 5.99. The van der Waals surface area contributed by atoms with Crippen molar-refractivity contribution >= 4 is 5.78 Å². The van der Waals surface area contributed by atoms with Crippen LogP contribution in [0.3, 0.4) is 0 Å². The van der Waals surface area contributed by atoms with E-state index in [0.29, 0.717) is 18.6 Å². The van der Waals surface area contributed by atoms with E-state index in [4.69, 9.17) is 0 Å². The predicted molar refractivity (Wildman–Crippen MR) is 66.6 cm³/mol. The molecule has 1 aromatic carbocycles. The molecule has 3 heteroatoms. The van der Waals surface area contributed by atoms with Crippen molar-refractivity contribution in [1.29, 1.82) is 0 Å². The van der Waals surface area contributed by atoms with Crippen molar-refractivity contribution in [3.8, 4) is 0 Å². The van der Waals surface area contributed by atoms with Crippen molar-refractivity contribution in [3.63, 3.8) is 0 Å². The molecule has 0 bridgehead atoms. The third-order valence-corrected chi connectivity index (χ3v) is 2.74. The average Bonchev–Trinajstić information content (AvgIpc) is 2.88. The number of benzene rings is 1. The molecular formula is C14H16N2O. The molecule has 1 aromatic heterocycles. The normalized spacial score (nSPS) is 10.4. The van der Waals surface area contributed by atoms with Crippen LogP contribution in [0.5, 0.6) is 0 Å². The van der Waals surface area contributed by atoms with E-state index in [1.165, 1.54) is 5.56 Å². The van der Waals surface area contributed by atoms with Gasteiger partial charge in [0.15, 0.2) is 0 Å². The maximum absolute atomic E-state index is 11.7. The molecule has 0 aliphatic rings. The number of nitrogens with zero attached hydrogens (tertiary/aromatic N) is 2. The first-order valence-corrected chi connectivity index (χ1v) is 5.86. The largest absolute Gasteiger partial charge is 0.337 e. The zero-order valence-electron chi connectivity index (χ0n) is 9.75. The minimum atomic E-state index is 0.308. The van der Waals surface area contributed by atoms with E-state index in [2.05, 4.69) is 17.1 Å². The molecule has 88 valence electrons. The first kappa shape index (κ1) is 11.6. The maximum atomic E-state index is 11.7. The van der Waals surface area contributed by atoms with Gasteiger partial charge in [-0.15, -0.1) is 0 Å². The first-order valence-electron chi connectivity index (χ1n) is 5.86. The second-order valence-corrected chi connectivity index (χ2v) is 4.07. The lowest BCUT2D eigenvalue weighted by molar-refractivity contribution is -0.119. The Labute approximate surface area is 101 Å². The summed E-state index contributed by atoms with van der Waals surface area (Å²) in [5.74, 6) is 0.308. The van der Waals surface area contributed by atoms with Gasteiger partial charge in [0.05, 0.1) is 6.33 Å². The zero-order chi connectivity index (χ0) is 11.9. The van der Waals surface area contributed by atoms with Crippen LogP contribution < -0.4 is 0 Å². The summed E-state index contributed by atoms with van der Waals surface area (Å²) in [5, 5.41) is 0. The zero-order valence-corrected chi connectivity index (χ0v) is 9.75. The molecule has 0 aliphatic carbocycles. The van der Waals surface area contributed by atoms with Crippen LogP contribution in [-0.4, -0.2) is 15.3 Å². The van der Waals surface area contributed by atoms with Crippen LogP contribution in [-0.2, 0) is 17.8 Å². The Hall–Kier alpha value is -1.90. The molecule has 0 saturated carbocycles. The van der Waals surface area contributed by atoms with Crippen molar-refractivity contribution < 1.29 is 4.79 Å². The minimum Gasteiger partial charge on any atom is -0.337 e. The van der Waals surface area contributed by atoms with Gasteiger partial charge in [-0.05, 0) is 12.0 Å². The van der Waals surface area contributed by atoms with E-state index in [-0.39, 0.29) is 0 Å². The van der Waals surface area contributed by atoms with Gasteiger partial charge in [0.25, 0.3) is 0 Å². The molecule has 0 aliphatic heterocycles. The number of hydrogen-bond acceptors (Lipinski definition) is 2. The molecule has 0 saturated heterocycles. The van der Waals surface area contributed by atoms with Crippen molar-refractivity contribution in [2.24, 2.45) is 0 Å². The Kier molecular flexibility index (Phi) is 4.08. The van der Waals surface area contributed by atoms with Crippen LogP contribution in [0.4, 0.5) is 0 Å². The van der Waals surface area contributed by atoms with Gasteiger partial charge in [0, 0.05) is 31.8 Å². The van der Waals surface area contributed by atoms with Crippen molar-refractivity contribution in [3.05, 3.63) is 54.6 Å². The van der Waals surface area contributed by atoms with E-state index < -0.39 is 0 Å². The van der Waals surface area contributed by atoms with Gasteiger partial charge in [0.1, 0.15) is 5.78 Å². The summed E-state index contributed by atoms with van der Waals surface area (Å²) >= 11 is 0. The fourth-order valence-electron chi connectivity index (χ4n) is 1.73. The van der Waals surface area contributed by atoms with Gasteiger partial charge >= 0.3 is 0 Å². The highest BCUT2D eigenvalue weighted by Gasteiger charge is 2.02. The summed E-state index contributed by atoms with van der Waals surface area (Å²) in [7, 11) is 0. The molecule has 0 atom stereocenters. The van der Waals surface area contributed by atoms with Gasteiger partial charge in [-0.2, -0.15) is 0 Å². The number of carbonyl (C=O) groups excluding carboxylic acids is 1. The van der Waals surface area contributed by atoms with Crippen LogP contribution >= 0.6 is 0 Å². The predicted octanol–water partition coefficient (Wildman–Crippen LogP) is 2.48. The third kappa shape index (κ3) is 3.87. The van der Waals surface area contributed by atoms with E-state index in [0.717, 1.165) is 13.0 Å². The Morgan fingerprint density at radius 3 is 2.71 bits per heavy atom. The Morgan fingerprint density at radius 1 is 1.18 bits per heavy atom. The molecule has 17 heavy (non-hydrogen) atoms. The minimum absolute atomic E-state index is 0.308.